The number of nitrogen functional groups attached to an aromatic ring is 2. The van der Waals surface area contributed by atoms with Crippen LogP contribution in [0.2, 0.25) is 20.1 Å². The SMILES string of the molecule is CC(Oc1cc(-c2cnn(CCN3CCCC3)c2)cnc1N)c1c(Cl)ccc(F)c1Cl.CC1(C)OB(c2ccc(-c3cnn(CCN4CCCC4)c3)cc2)OC1(C)C.CC1(C)OB(c2ccc(C3=CCN=C3)cc2)OC1(C)C.Cc1cnc(N)c(OC(C)c2c(Cl)ccc(F)c2Cl)c1.Cl.ClCCN1CCCC1.[Cl][Pd][Cl].c1ccc(P(c2ccccc2)c2ccccc2)cc1.c1ccc(P(c2ccccc2)c2ccccc2)cc1. The van der Waals surface area contributed by atoms with E-state index in [2.05, 4.69) is 343 Å². The Labute approximate surface area is 923 Å². The van der Waals surface area contributed by atoms with Crippen molar-refractivity contribution in [3.05, 3.63) is 364 Å². The van der Waals surface area contributed by atoms with Crippen LogP contribution >= 0.6 is 105 Å². The summed E-state index contributed by atoms with van der Waals surface area (Å²) in [6.45, 7) is 35.0. The molecule has 0 amide bonds. The van der Waals surface area contributed by atoms with Gasteiger partial charge in [-0.05, 0) is 271 Å². The molecule has 4 N–H and O–H groups in total. The quantitative estimate of drug-likeness (QED) is 0.0238. The molecule has 2 atom stereocenters. The summed E-state index contributed by atoms with van der Waals surface area (Å²) in [5.74, 6) is 0.946. The van der Waals surface area contributed by atoms with Crippen molar-refractivity contribution in [2.24, 2.45) is 4.99 Å². The number of hydrogen-bond acceptors (Lipinski definition) is 16. The molecule has 148 heavy (non-hydrogen) atoms. The second-order valence-corrected chi connectivity index (χ2v) is 46.9. The van der Waals surface area contributed by atoms with E-state index in [1.54, 1.807) is 44.6 Å². The average Bonchev–Trinajstić information content (AvgIpc) is 1.64. The number of benzene rings is 10. The number of halogens is 10. The van der Waals surface area contributed by atoms with E-state index >= 15 is 0 Å². The number of alkyl halides is 1. The van der Waals surface area contributed by atoms with Gasteiger partial charge in [0.2, 0.25) is 0 Å². The van der Waals surface area contributed by atoms with Crippen LogP contribution in [-0.4, -0.2) is 158 Å². The van der Waals surface area contributed by atoms with Crippen molar-refractivity contribution in [1.29, 1.82) is 0 Å². The van der Waals surface area contributed by atoms with Crippen LogP contribution in [0, 0.1) is 18.6 Å². The number of hydrogen-bond donors (Lipinski definition) is 2. The third-order valence-electron chi connectivity index (χ3n) is 26.6. The fourth-order valence-corrected chi connectivity index (χ4v) is 23.3. The first-order chi connectivity index (χ1) is 70.8. The van der Waals surface area contributed by atoms with Crippen molar-refractivity contribution in [2.75, 3.05) is 82.8 Å². The molecular weight excluding hydrogens is 2160 g/mol. The number of ether oxygens (including phenoxy) is 2. The Balaban J connectivity index is 0.000000155. The van der Waals surface area contributed by atoms with Gasteiger partial charge in [-0.25, -0.2) is 18.7 Å². The topological polar surface area (TPSA) is 191 Å². The molecule has 20 rings (SSSR count). The van der Waals surface area contributed by atoms with Gasteiger partial charge in [0.1, 0.15) is 23.8 Å². The summed E-state index contributed by atoms with van der Waals surface area (Å²) in [6.07, 6.45) is 22.0. The zero-order valence-corrected chi connectivity index (χ0v) is 94.8. The molecule has 6 aliphatic rings. The molecular formula is C115H130B2Cl8F2N12O6P2Pd. The van der Waals surface area contributed by atoms with Gasteiger partial charge in [0.05, 0.1) is 64.5 Å². The third-order valence-corrected chi connectivity index (χ3v) is 33.1. The minimum Gasteiger partial charge on any atom is -0.0622 e. The van der Waals surface area contributed by atoms with E-state index in [0.29, 0.717) is 32.7 Å². The number of anilines is 2. The second-order valence-electron chi connectivity index (χ2n) is 38.2. The Morgan fingerprint density at radius 3 is 1.06 bits per heavy atom. The van der Waals surface area contributed by atoms with E-state index in [1.165, 1.54) is 137 Å². The first-order valence-corrected chi connectivity index (χ1v) is 58.2. The number of pyridine rings is 2. The van der Waals surface area contributed by atoms with Gasteiger partial charge in [-0.15, -0.1) is 24.0 Å². The molecule has 6 aliphatic heterocycles. The monoisotopic (exact) mass is 2280 g/mol. The van der Waals surface area contributed by atoms with Gasteiger partial charge < -0.3 is 54.3 Å². The van der Waals surface area contributed by atoms with Crippen LogP contribution in [0.4, 0.5) is 20.4 Å². The maximum absolute atomic E-state index is 13.9. The second kappa shape index (κ2) is 57.7. The zero-order valence-electron chi connectivity index (χ0n) is 85.4. The van der Waals surface area contributed by atoms with E-state index in [4.69, 9.17) is 117 Å². The number of aliphatic imine (C=N–C) groups is 1. The van der Waals surface area contributed by atoms with Crippen molar-refractivity contribution in [3.8, 4) is 33.8 Å². The summed E-state index contributed by atoms with van der Waals surface area (Å²) < 4.78 is 67.5. The number of aryl methyl sites for hydroxylation is 1. The van der Waals surface area contributed by atoms with Crippen molar-refractivity contribution in [1.82, 2.24) is 44.2 Å². The standard InChI is InChI=1S/C22H24Cl2FN5O.C21H30BN3O2.2C18H15P.C16H20BNO2.C14H13Cl2FN2O.C6H12ClN.3ClH.Pd/c1-14(20-17(23)4-5-18(25)21(20)24)31-19-10-15(11-27-22(19)26)16-12-28-30(13-16)9-8-29-6-2-3-7-29;1-20(2)21(3,4)27-22(26-20)19-9-7-17(8-10-19)18-15-23-25(16-18)14-13-24-11-5-6-12-24;2*1-4-10-16(11-5-1)19(17-12-6-2-7-13-17)18-14-8-3-9-15-18;1-15(2)16(3,4)20-17(19-15)14-7-5-12(6-8-14)13-9-10-18-11-13;1-7-5-11(14(18)19-6-7)20-8(2)12-9(15)3-4-10(17)13(12)16;7-3-6-8-4-1-2-5-8;;;;/h4-5,10-14H,2-3,6-9H2,1H3,(H2,26,27);7-10,15-16H,5-6,11-14H2,1-4H3;2*1-15H;5-9,11H,10H2,1-4H3;3-6,8H,1-2H3,(H2,18,19);1-6H2;3*1H;/q;;;;;;;;;;+2/p-2. The van der Waals surface area contributed by atoms with Gasteiger partial charge in [0.15, 0.2) is 23.1 Å². The van der Waals surface area contributed by atoms with Crippen LogP contribution in [0.3, 0.4) is 0 Å². The molecule has 0 saturated carbocycles. The minimum atomic E-state index is -0.627. The third kappa shape index (κ3) is 33.3. The first-order valence-electron chi connectivity index (χ1n) is 49.5. The molecule has 4 aromatic heterocycles. The van der Waals surface area contributed by atoms with Crippen molar-refractivity contribution in [3.63, 3.8) is 0 Å². The summed E-state index contributed by atoms with van der Waals surface area (Å²) in [5.41, 5.74) is 20.7. The summed E-state index contributed by atoms with van der Waals surface area (Å²) in [6, 6.07) is 90.3. The predicted molar refractivity (Wildman–Crippen MR) is 618 cm³/mol. The van der Waals surface area contributed by atoms with E-state index < -0.39 is 39.7 Å². The number of aromatic nitrogens is 6. The van der Waals surface area contributed by atoms with Gasteiger partial charge in [0.25, 0.3) is 0 Å². The van der Waals surface area contributed by atoms with Gasteiger partial charge in [-0.2, -0.15) is 10.2 Å². The largest absolute Gasteiger partial charge is 0.0622 e. The summed E-state index contributed by atoms with van der Waals surface area (Å²) >= 11 is 29.8. The van der Waals surface area contributed by atoms with Gasteiger partial charge >= 0.3 is 49.2 Å². The summed E-state index contributed by atoms with van der Waals surface area (Å²) in [7, 11) is 8.13. The summed E-state index contributed by atoms with van der Waals surface area (Å²) in [5, 5.41) is 17.9. The molecule has 782 valence electrons. The molecule has 0 radical (unpaired) electrons. The van der Waals surface area contributed by atoms with Gasteiger partial charge in [0, 0.05) is 94.4 Å². The predicted octanol–water partition coefficient (Wildman–Crippen LogP) is 25.2. The molecule has 0 aliphatic carbocycles. The Morgan fingerprint density at radius 1 is 0.412 bits per heavy atom. The van der Waals surface area contributed by atoms with Crippen LogP contribution in [0.1, 0.15) is 142 Å². The molecule has 5 saturated heterocycles. The molecule has 10 aromatic carbocycles. The molecule has 10 heterocycles. The van der Waals surface area contributed by atoms with Crippen LogP contribution in [-0.2, 0) is 47.6 Å². The molecule has 0 spiro atoms. The smallest absolute Gasteiger partial charge is 0.0134 e. The first kappa shape index (κ1) is 118. The summed E-state index contributed by atoms with van der Waals surface area (Å²) in [4.78, 5) is 19.8. The number of likely N-dealkylation sites (tertiary alicyclic amines) is 3. The Hall–Kier alpha value is -8.92. The van der Waals surface area contributed by atoms with E-state index in [9.17, 15) is 8.78 Å². The van der Waals surface area contributed by atoms with Crippen molar-refractivity contribution in [2.45, 2.75) is 162 Å². The maximum Gasteiger partial charge on any atom is -0.0134 e. The molecule has 18 nitrogen and oxygen atoms in total. The molecule has 2 unspecified atom stereocenters. The molecule has 0 bridgehead atoms. The fourth-order valence-electron chi connectivity index (χ4n) is 17.1. The Kier molecular flexibility index (Phi) is 45.9. The van der Waals surface area contributed by atoms with Crippen LogP contribution < -0.4 is 63.7 Å². The zero-order chi connectivity index (χ0) is 105. The van der Waals surface area contributed by atoms with Gasteiger partial charge in [-0.3, -0.25) is 14.4 Å². The van der Waals surface area contributed by atoms with Crippen LogP contribution in [0.15, 0.2) is 315 Å². The van der Waals surface area contributed by atoms with Crippen molar-refractivity contribution >= 4 is 186 Å². The number of rotatable bonds is 25. The molecule has 5 fully saturated rings. The Bertz CT molecular complexity index is 6170. The van der Waals surface area contributed by atoms with E-state index in [1.807, 2.05) is 30.2 Å². The molecule has 33 heteroatoms. The average molecular weight is 2290 g/mol. The van der Waals surface area contributed by atoms with E-state index in [0.717, 1.165) is 91.4 Å². The van der Waals surface area contributed by atoms with Crippen LogP contribution in [0.25, 0.3) is 27.8 Å². The normalized spacial score (nSPS) is 16.1. The van der Waals surface area contributed by atoms with E-state index in [-0.39, 0.29) is 86.7 Å². The fraction of sp³-hybridized carbons (Fsp3) is 0.313. The van der Waals surface area contributed by atoms with Crippen LogP contribution in [0.5, 0.6) is 11.5 Å². The van der Waals surface area contributed by atoms with Gasteiger partial charge in [-0.1, -0.05) is 283 Å². The number of allylic oxidation sites excluding steroid dienone is 1. The van der Waals surface area contributed by atoms with Crippen molar-refractivity contribution < 1.29 is 52.8 Å². The number of nitrogens with zero attached hydrogens (tertiary/aromatic N) is 10. The maximum atomic E-state index is 13.9. The Morgan fingerprint density at radius 2 is 0.730 bits per heavy atom. The number of nitrogens with two attached hydrogens (primary N) is 2. The minimum absolute atomic E-state index is 0. The molecule has 14 aromatic rings.